The number of pyridine rings is 1. The molecule has 0 unspecified atom stereocenters. The molecule has 1 aliphatic heterocycles. The lowest BCUT2D eigenvalue weighted by molar-refractivity contribution is 0.440. The van der Waals surface area contributed by atoms with Gasteiger partial charge in [-0.3, -0.25) is 4.98 Å². The zero-order valence-corrected chi connectivity index (χ0v) is 13.6. The average molecular weight is 319 g/mol. The summed E-state index contributed by atoms with van der Waals surface area (Å²) in [6.07, 6.45) is 8.12. The summed E-state index contributed by atoms with van der Waals surface area (Å²) in [5.41, 5.74) is 4.22. The third kappa shape index (κ3) is 2.94. The van der Waals surface area contributed by atoms with Crippen LogP contribution < -0.4 is 0 Å². The Labute approximate surface area is 131 Å². The average Bonchev–Trinajstić information content (AvgIpc) is 2.97. The molecule has 3 heterocycles. The van der Waals surface area contributed by atoms with Crippen LogP contribution in [0.4, 0.5) is 0 Å². The monoisotopic (exact) mass is 319 g/mol. The number of unbranched alkanes of at least 4 members (excludes halogenated alkanes) is 1. The number of rotatable bonds is 5. The number of hydrogen-bond donors (Lipinski definition) is 1. The van der Waals surface area contributed by atoms with E-state index in [1.165, 1.54) is 5.57 Å². The molecule has 2 aromatic rings. The molecule has 0 saturated carbocycles. The second kappa shape index (κ2) is 6.22. The van der Waals surface area contributed by atoms with Crippen molar-refractivity contribution in [2.75, 3.05) is 18.8 Å². The molecule has 2 aromatic heterocycles. The van der Waals surface area contributed by atoms with Crippen molar-refractivity contribution in [1.29, 1.82) is 0 Å². The highest BCUT2D eigenvalue weighted by molar-refractivity contribution is 7.89. The third-order valence-corrected chi connectivity index (χ3v) is 6.02. The Bertz CT molecular complexity index is 793. The van der Waals surface area contributed by atoms with Crippen LogP contribution >= 0.6 is 0 Å². The normalized spacial score (nSPS) is 16.9. The summed E-state index contributed by atoms with van der Waals surface area (Å²) in [6.45, 7) is 3.02. The lowest BCUT2D eigenvalue weighted by atomic mass is 10.0. The first-order valence-corrected chi connectivity index (χ1v) is 9.32. The largest absolute Gasteiger partial charge is 0.359 e. The minimum atomic E-state index is -3.11. The summed E-state index contributed by atoms with van der Waals surface area (Å²) < 4.78 is 26.0. The zero-order valence-electron chi connectivity index (χ0n) is 12.7. The van der Waals surface area contributed by atoms with Crippen LogP contribution in [-0.2, 0) is 10.0 Å². The highest BCUT2D eigenvalue weighted by atomic mass is 32.2. The van der Waals surface area contributed by atoms with Gasteiger partial charge in [-0.2, -0.15) is 4.31 Å². The molecule has 0 fully saturated rings. The fraction of sp³-hybridized carbons (Fsp3) is 0.438. The third-order valence-electron chi connectivity index (χ3n) is 4.10. The first kappa shape index (κ1) is 15.2. The highest BCUT2D eigenvalue weighted by Crippen LogP contribution is 2.28. The Morgan fingerprint density at radius 3 is 3.00 bits per heavy atom. The number of aromatic amines is 1. The number of H-pyrrole nitrogens is 1. The first-order chi connectivity index (χ1) is 10.6. The van der Waals surface area contributed by atoms with Crippen molar-refractivity contribution in [2.24, 2.45) is 0 Å². The number of hydrogen-bond acceptors (Lipinski definition) is 3. The van der Waals surface area contributed by atoms with Crippen molar-refractivity contribution in [3.63, 3.8) is 0 Å². The van der Waals surface area contributed by atoms with E-state index in [-0.39, 0.29) is 5.75 Å². The van der Waals surface area contributed by atoms with Gasteiger partial charge in [0.25, 0.3) is 0 Å². The summed E-state index contributed by atoms with van der Waals surface area (Å²) in [6, 6.07) is 3.90. The summed E-state index contributed by atoms with van der Waals surface area (Å²) in [4.78, 5) is 7.64. The Morgan fingerprint density at radius 1 is 1.41 bits per heavy atom. The van der Waals surface area contributed by atoms with Crippen molar-refractivity contribution in [3.05, 3.63) is 36.2 Å². The molecule has 6 heteroatoms. The lowest BCUT2D eigenvalue weighted by Gasteiger charge is -2.25. The van der Waals surface area contributed by atoms with Gasteiger partial charge >= 0.3 is 0 Å². The van der Waals surface area contributed by atoms with Crippen LogP contribution in [0.1, 0.15) is 31.7 Å². The first-order valence-electron chi connectivity index (χ1n) is 7.71. The Balaban J connectivity index is 1.79. The van der Waals surface area contributed by atoms with Gasteiger partial charge in [0.2, 0.25) is 10.0 Å². The van der Waals surface area contributed by atoms with E-state index in [1.54, 1.807) is 10.5 Å². The highest BCUT2D eigenvalue weighted by Gasteiger charge is 2.24. The van der Waals surface area contributed by atoms with E-state index in [0.717, 1.165) is 35.9 Å². The molecule has 3 rings (SSSR count). The van der Waals surface area contributed by atoms with E-state index < -0.39 is 10.0 Å². The van der Waals surface area contributed by atoms with E-state index in [1.807, 2.05) is 31.3 Å². The predicted octanol–water partition coefficient (Wildman–Crippen LogP) is 2.78. The van der Waals surface area contributed by atoms with E-state index in [4.69, 9.17) is 0 Å². The van der Waals surface area contributed by atoms with Gasteiger partial charge in [-0.25, -0.2) is 8.42 Å². The van der Waals surface area contributed by atoms with Gasteiger partial charge in [-0.05, 0) is 30.5 Å². The minimum absolute atomic E-state index is 0.251. The molecule has 0 atom stereocenters. The number of nitrogens with one attached hydrogen (secondary N) is 1. The summed E-state index contributed by atoms with van der Waals surface area (Å²) >= 11 is 0. The molecule has 22 heavy (non-hydrogen) atoms. The summed E-state index contributed by atoms with van der Waals surface area (Å²) in [7, 11) is -3.11. The fourth-order valence-electron chi connectivity index (χ4n) is 2.80. The Kier molecular flexibility index (Phi) is 4.31. The molecule has 0 aromatic carbocycles. The van der Waals surface area contributed by atoms with Gasteiger partial charge in [0.15, 0.2) is 0 Å². The van der Waals surface area contributed by atoms with Crippen LogP contribution in [0.25, 0.3) is 16.6 Å². The molecule has 0 aliphatic carbocycles. The van der Waals surface area contributed by atoms with Crippen LogP contribution in [0.5, 0.6) is 0 Å². The van der Waals surface area contributed by atoms with Crippen molar-refractivity contribution in [1.82, 2.24) is 14.3 Å². The molecular weight excluding hydrogens is 298 g/mol. The van der Waals surface area contributed by atoms with Crippen molar-refractivity contribution in [3.8, 4) is 0 Å². The van der Waals surface area contributed by atoms with Gasteiger partial charge in [-0.15, -0.1) is 0 Å². The van der Waals surface area contributed by atoms with Crippen LogP contribution in [0, 0.1) is 0 Å². The summed E-state index contributed by atoms with van der Waals surface area (Å²) in [5, 5.41) is 0. The predicted molar refractivity (Wildman–Crippen MR) is 89.0 cm³/mol. The molecule has 0 amide bonds. The Morgan fingerprint density at radius 2 is 2.27 bits per heavy atom. The van der Waals surface area contributed by atoms with Crippen molar-refractivity contribution in [2.45, 2.75) is 26.2 Å². The number of nitrogens with zero attached hydrogens (tertiary/aromatic N) is 2. The van der Waals surface area contributed by atoms with Gasteiger partial charge in [-0.1, -0.05) is 19.4 Å². The van der Waals surface area contributed by atoms with Crippen LogP contribution in [0.3, 0.4) is 0 Å². The maximum atomic E-state index is 12.2. The molecule has 1 aliphatic rings. The molecule has 0 spiro atoms. The maximum Gasteiger partial charge on any atom is 0.214 e. The number of aromatic nitrogens is 2. The fourth-order valence-corrected chi connectivity index (χ4v) is 4.39. The smallest absolute Gasteiger partial charge is 0.214 e. The standard InChI is InChI=1S/C16H21N3O2S/c1-2-3-11-22(20,21)19-9-6-13(7-10-19)14-12-18-15-5-4-8-17-16(14)15/h4-6,8,12,18H,2-3,7,9-11H2,1H3. The van der Waals surface area contributed by atoms with Gasteiger partial charge < -0.3 is 4.98 Å². The number of sulfonamides is 1. The quantitative estimate of drug-likeness (QED) is 0.921. The molecule has 0 bridgehead atoms. The van der Waals surface area contributed by atoms with E-state index >= 15 is 0 Å². The minimum Gasteiger partial charge on any atom is -0.359 e. The van der Waals surface area contributed by atoms with Crippen LogP contribution in [-0.4, -0.2) is 41.5 Å². The molecule has 0 radical (unpaired) electrons. The second-order valence-corrected chi connectivity index (χ2v) is 7.70. The van der Waals surface area contributed by atoms with E-state index in [2.05, 4.69) is 9.97 Å². The van der Waals surface area contributed by atoms with E-state index in [0.29, 0.717) is 13.1 Å². The van der Waals surface area contributed by atoms with E-state index in [9.17, 15) is 8.42 Å². The van der Waals surface area contributed by atoms with Crippen LogP contribution in [0.15, 0.2) is 30.6 Å². The lowest BCUT2D eigenvalue weighted by Crippen LogP contribution is -2.36. The van der Waals surface area contributed by atoms with Gasteiger partial charge in [0.1, 0.15) is 0 Å². The molecule has 0 saturated heterocycles. The second-order valence-electron chi connectivity index (χ2n) is 5.61. The topological polar surface area (TPSA) is 66.1 Å². The molecule has 118 valence electrons. The van der Waals surface area contributed by atoms with Crippen molar-refractivity contribution < 1.29 is 8.42 Å². The Hall–Kier alpha value is -1.66. The SMILES string of the molecule is CCCCS(=O)(=O)N1CC=C(c2c[nH]c3cccnc23)CC1. The van der Waals surface area contributed by atoms with Crippen LogP contribution in [0.2, 0.25) is 0 Å². The van der Waals surface area contributed by atoms with Gasteiger partial charge in [0.05, 0.1) is 16.8 Å². The molecule has 5 nitrogen and oxygen atoms in total. The molecule has 1 N–H and O–H groups in total. The zero-order chi connectivity index (χ0) is 15.6. The van der Waals surface area contributed by atoms with Crippen molar-refractivity contribution >= 4 is 26.6 Å². The van der Waals surface area contributed by atoms with Gasteiger partial charge in [0, 0.05) is 31.0 Å². The molecular formula is C16H21N3O2S. The maximum absolute atomic E-state index is 12.2. The summed E-state index contributed by atoms with van der Waals surface area (Å²) in [5.74, 6) is 0.251. The number of fused-ring (bicyclic) bond motifs is 1.